The van der Waals surface area contributed by atoms with E-state index in [1.165, 1.54) is 24.4 Å². The van der Waals surface area contributed by atoms with Gasteiger partial charge in [-0.15, -0.1) is 0 Å². The van der Waals surface area contributed by atoms with Crippen LogP contribution in [0.5, 0.6) is 0 Å². The fourth-order valence-corrected chi connectivity index (χ4v) is 5.80. The monoisotopic (exact) mass is 514 g/mol. The van der Waals surface area contributed by atoms with Gasteiger partial charge >= 0.3 is 6.03 Å². The number of hydrogen-bond donors (Lipinski definition) is 1. The number of carbonyl (C=O) groups is 1. The van der Waals surface area contributed by atoms with Crippen molar-refractivity contribution in [3.05, 3.63) is 83.4 Å². The maximum atomic E-state index is 14.3. The average Bonchev–Trinajstić information content (AvgIpc) is 3.51. The van der Waals surface area contributed by atoms with Crippen LogP contribution in [0.25, 0.3) is 0 Å². The van der Waals surface area contributed by atoms with Crippen LogP contribution in [-0.4, -0.2) is 54.7 Å². The fourth-order valence-electron chi connectivity index (χ4n) is 4.30. The van der Waals surface area contributed by atoms with Crippen LogP contribution in [0.1, 0.15) is 36.6 Å². The minimum Gasteiger partial charge on any atom is -0.376 e. The van der Waals surface area contributed by atoms with Gasteiger partial charge in [-0.2, -0.15) is 0 Å². The number of hydrogen-bond acceptors (Lipinski definition) is 5. The molecule has 0 bridgehead atoms. The lowest BCUT2D eigenvalue weighted by Gasteiger charge is -2.26. The number of benzene rings is 2. The molecule has 1 saturated heterocycles. The topological polar surface area (TPSA) is 93.5 Å². The zero-order valence-electron chi connectivity index (χ0n) is 20.3. The molecule has 0 unspecified atom stereocenters. The zero-order chi connectivity index (χ0) is 25.5. The Balaban J connectivity index is 1.68. The van der Waals surface area contributed by atoms with Crippen LogP contribution >= 0.6 is 0 Å². The molecule has 1 aliphatic heterocycles. The molecule has 2 aromatic carbocycles. The van der Waals surface area contributed by atoms with Gasteiger partial charge in [-0.1, -0.05) is 48.5 Å². The van der Waals surface area contributed by atoms with Crippen molar-refractivity contribution in [2.75, 3.05) is 19.7 Å². The molecule has 192 valence electrons. The molecule has 0 aliphatic carbocycles. The van der Waals surface area contributed by atoms with Gasteiger partial charge in [-0.3, -0.25) is 0 Å². The summed E-state index contributed by atoms with van der Waals surface area (Å²) in [5.41, 5.74) is 1.52. The molecule has 0 saturated carbocycles. The molecule has 1 aromatic heterocycles. The van der Waals surface area contributed by atoms with Gasteiger partial charge in [-0.05, 0) is 31.4 Å². The third-order valence-electron chi connectivity index (χ3n) is 6.08. The van der Waals surface area contributed by atoms with Gasteiger partial charge in [0.2, 0.25) is 15.0 Å². The third kappa shape index (κ3) is 6.30. The number of nitrogens with zero attached hydrogens (tertiary/aromatic N) is 3. The van der Waals surface area contributed by atoms with E-state index in [9.17, 15) is 17.6 Å². The highest BCUT2D eigenvalue weighted by molar-refractivity contribution is 7.90. The third-order valence-corrected chi connectivity index (χ3v) is 7.66. The molecule has 2 heterocycles. The number of carbonyl (C=O) groups excluding carboxylic acids is 1. The number of sulfone groups is 1. The molecule has 10 heteroatoms. The second-order valence-electron chi connectivity index (χ2n) is 8.81. The first-order valence-corrected chi connectivity index (χ1v) is 13.7. The Morgan fingerprint density at radius 3 is 2.64 bits per heavy atom. The van der Waals surface area contributed by atoms with Crippen molar-refractivity contribution in [2.24, 2.45) is 0 Å². The van der Waals surface area contributed by atoms with Gasteiger partial charge in [0.1, 0.15) is 5.82 Å². The van der Waals surface area contributed by atoms with Crippen molar-refractivity contribution < 1.29 is 22.3 Å². The highest BCUT2D eigenvalue weighted by Crippen LogP contribution is 2.22. The number of aromatic nitrogens is 2. The Bertz CT molecular complexity index is 1270. The number of rotatable bonds is 10. The summed E-state index contributed by atoms with van der Waals surface area (Å²) in [6.45, 7) is 3.76. The molecular weight excluding hydrogens is 483 g/mol. The van der Waals surface area contributed by atoms with Gasteiger partial charge in [0, 0.05) is 25.3 Å². The molecule has 4 rings (SSSR count). The molecule has 1 atom stereocenters. The molecule has 0 spiro atoms. The van der Waals surface area contributed by atoms with Crippen LogP contribution in [0, 0.1) is 5.82 Å². The van der Waals surface area contributed by atoms with Crippen molar-refractivity contribution in [1.29, 1.82) is 0 Å². The second-order valence-corrected chi connectivity index (χ2v) is 10.7. The van der Waals surface area contributed by atoms with Crippen LogP contribution < -0.4 is 5.32 Å². The van der Waals surface area contributed by atoms with Crippen molar-refractivity contribution in [2.45, 2.75) is 49.9 Å². The normalized spacial score (nSPS) is 15.7. The summed E-state index contributed by atoms with van der Waals surface area (Å²) in [6, 6.07) is 15.0. The number of halogens is 1. The van der Waals surface area contributed by atoms with Gasteiger partial charge in [0.05, 0.1) is 36.8 Å². The Hall–Kier alpha value is -3.24. The molecule has 3 aromatic rings. The first-order valence-electron chi connectivity index (χ1n) is 12.1. The molecule has 8 nitrogen and oxygen atoms in total. The minimum absolute atomic E-state index is 0.0673. The predicted molar refractivity (Wildman–Crippen MR) is 134 cm³/mol. The number of amides is 2. The second kappa shape index (κ2) is 11.7. The Morgan fingerprint density at radius 2 is 1.94 bits per heavy atom. The number of nitrogens with one attached hydrogen (secondary N) is 1. The van der Waals surface area contributed by atoms with Crippen molar-refractivity contribution in [3.63, 3.8) is 0 Å². The van der Waals surface area contributed by atoms with E-state index in [2.05, 4.69) is 10.3 Å². The Morgan fingerprint density at radius 1 is 1.19 bits per heavy atom. The molecule has 1 fully saturated rings. The highest BCUT2D eigenvalue weighted by Gasteiger charge is 2.28. The van der Waals surface area contributed by atoms with E-state index < -0.39 is 21.4 Å². The highest BCUT2D eigenvalue weighted by atomic mass is 32.2. The Labute approximate surface area is 211 Å². The van der Waals surface area contributed by atoms with Crippen molar-refractivity contribution >= 4 is 15.9 Å². The maximum Gasteiger partial charge on any atom is 0.317 e. The van der Waals surface area contributed by atoms with E-state index in [0.29, 0.717) is 25.4 Å². The molecule has 1 aliphatic rings. The Kier molecular flexibility index (Phi) is 8.37. The first kappa shape index (κ1) is 25.8. The molecule has 1 N–H and O–H groups in total. The first-order chi connectivity index (χ1) is 17.4. The predicted octanol–water partition coefficient (Wildman–Crippen LogP) is 3.75. The van der Waals surface area contributed by atoms with Crippen LogP contribution in [0.4, 0.5) is 9.18 Å². The van der Waals surface area contributed by atoms with E-state index in [1.54, 1.807) is 15.5 Å². The number of urea groups is 1. The average molecular weight is 515 g/mol. The summed E-state index contributed by atoms with van der Waals surface area (Å²) in [6.07, 6.45) is 3.22. The molecule has 0 radical (unpaired) electrons. The summed E-state index contributed by atoms with van der Waals surface area (Å²) >= 11 is 0. The molecular formula is C26H31FN4O4S. The van der Waals surface area contributed by atoms with Crippen LogP contribution in [0.15, 0.2) is 66.0 Å². The summed E-state index contributed by atoms with van der Waals surface area (Å²) in [5, 5.41) is 2.67. The van der Waals surface area contributed by atoms with Crippen LogP contribution in [0.3, 0.4) is 0 Å². The summed E-state index contributed by atoms with van der Waals surface area (Å²) < 4.78 is 48.4. The van der Waals surface area contributed by atoms with E-state index in [-0.39, 0.29) is 35.9 Å². The van der Waals surface area contributed by atoms with E-state index in [0.717, 1.165) is 18.4 Å². The maximum absolute atomic E-state index is 14.3. The lowest BCUT2D eigenvalue weighted by molar-refractivity contribution is 0.0789. The van der Waals surface area contributed by atoms with Gasteiger partial charge in [0.15, 0.2) is 0 Å². The number of imidazole rings is 1. The van der Waals surface area contributed by atoms with E-state index in [1.807, 2.05) is 37.3 Å². The largest absolute Gasteiger partial charge is 0.376 e. The quantitative estimate of drug-likeness (QED) is 0.445. The summed E-state index contributed by atoms with van der Waals surface area (Å²) in [7, 11) is -3.99. The number of ether oxygens (including phenoxy) is 1. The summed E-state index contributed by atoms with van der Waals surface area (Å²) in [4.78, 5) is 18.8. The molecule has 36 heavy (non-hydrogen) atoms. The smallest absolute Gasteiger partial charge is 0.317 e. The standard InChI is InChI=1S/C26H31FN4O4S/c1-2-28-25(32)30(18-23-12-8-14-35-23)17-22-15-29-26(31(22)16-20-9-4-3-5-10-20)36(33,34)19-21-11-6-7-13-24(21)27/h3-7,9-11,13,15,23H,2,8,12,14,16-19H2,1H3,(H,28,32)/t23-/m1/s1. The summed E-state index contributed by atoms with van der Waals surface area (Å²) in [5.74, 6) is -1.10. The van der Waals surface area contributed by atoms with Crippen molar-refractivity contribution in [1.82, 2.24) is 19.8 Å². The van der Waals surface area contributed by atoms with E-state index >= 15 is 0 Å². The minimum atomic E-state index is -3.99. The van der Waals surface area contributed by atoms with Crippen LogP contribution in [-0.2, 0) is 33.4 Å². The lowest BCUT2D eigenvalue weighted by Crippen LogP contribution is -2.43. The molecule has 2 amide bonds. The van der Waals surface area contributed by atoms with E-state index in [4.69, 9.17) is 4.74 Å². The SMILES string of the molecule is CCNC(=O)N(Cc1cnc(S(=O)(=O)Cc2ccccc2F)n1Cc1ccccc1)C[C@H]1CCCO1. The van der Waals surface area contributed by atoms with Gasteiger partial charge in [-0.25, -0.2) is 22.6 Å². The lowest BCUT2D eigenvalue weighted by atomic mass is 10.2. The fraction of sp³-hybridized carbons (Fsp3) is 0.385. The van der Waals surface area contributed by atoms with Crippen molar-refractivity contribution in [3.8, 4) is 0 Å². The van der Waals surface area contributed by atoms with Gasteiger partial charge in [0.25, 0.3) is 0 Å². The zero-order valence-corrected chi connectivity index (χ0v) is 21.1. The van der Waals surface area contributed by atoms with Gasteiger partial charge < -0.3 is 19.5 Å². The van der Waals surface area contributed by atoms with Crippen LogP contribution in [0.2, 0.25) is 0 Å².